The summed E-state index contributed by atoms with van der Waals surface area (Å²) >= 11 is 0. The maximum Gasteiger partial charge on any atom is 0.270 e. The lowest BCUT2D eigenvalue weighted by atomic mass is 9.90. The number of aromatic nitrogens is 2. The predicted molar refractivity (Wildman–Crippen MR) is 142 cm³/mol. The fraction of sp³-hybridized carbons (Fsp3) is 0.333. The number of aryl methyl sites for hydroxylation is 2. The van der Waals surface area contributed by atoms with Crippen LogP contribution in [0.3, 0.4) is 0 Å². The molecule has 4 aromatic rings. The van der Waals surface area contributed by atoms with Gasteiger partial charge >= 0.3 is 0 Å². The van der Waals surface area contributed by atoms with Crippen LogP contribution in [0.5, 0.6) is 0 Å². The van der Waals surface area contributed by atoms with Crippen LogP contribution in [0.15, 0.2) is 72.9 Å². The van der Waals surface area contributed by atoms with Crippen molar-refractivity contribution < 1.29 is 4.79 Å². The first-order valence-electron chi connectivity index (χ1n) is 12.7. The molecule has 1 saturated heterocycles. The van der Waals surface area contributed by atoms with Crippen LogP contribution in [0.4, 0.5) is 5.69 Å². The van der Waals surface area contributed by atoms with Crippen LogP contribution in [0.25, 0.3) is 5.65 Å². The van der Waals surface area contributed by atoms with Gasteiger partial charge in [0.25, 0.3) is 5.91 Å². The third-order valence-electron chi connectivity index (χ3n) is 7.20. The van der Waals surface area contributed by atoms with Gasteiger partial charge in [0.1, 0.15) is 11.3 Å². The van der Waals surface area contributed by atoms with Crippen LogP contribution in [0.2, 0.25) is 0 Å². The lowest BCUT2D eigenvalue weighted by Crippen LogP contribution is -2.34. The molecule has 1 N–H and O–H groups in total. The van der Waals surface area contributed by atoms with E-state index in [1.54, 1.807) is 0 Å². The molecule has 35 heavy (non-hydrogen) atoms. The van der Waals surface area contributed by atoms with Crippen molar-refractivity contribution in [2.75, 3.05) is 18.0 Å². The van der Waals surface area contributed by atoms with E-state index in [2.05, 4.69) is 64.8 Å². The molecule has 0 unspecified atom stereocenters. The largest absolute Gasteiger partial charge is 0.372 e. The van der Waals surface area contributed by atoms with Crippen LogP contribution < -0.4 is 10.2 Å². The minimum atomic E-state index is -0.0792. The van der Waals surface area contributed by atoms with Gasteiger partial charge in [-0.3, -0.25) is 9.20 Å². The van der Waals surface area contributed by atoms with Crippen LogP contribution in [-0.2, 0) is 19.4 Å². The van der Waals surface area contributed by atoms with Gasteiger partial charge in [-0.1, -0.05) is 55.5 Å². The molecule has 0 spiro atoms. The highest BCUT2D eigenvalue weighted by Crippen LogP contribution is 2.26. The lowest BCUT2D eigenvalue weighted by Gasteiger charge is -2.33. The van der Waals surface area contributed by atoms with Crippen LogP contribution in [0.1, 0.15) is 52.6 Å². The van der Waals surface area contributed by atoms with E-state index in [0.29, 0.717) is 12.2 Å². The van der Waals surface area contributed by atoms with E-state index in [1.807, 2.05) is 36.6 Å². The van der Waals surface area contributed by atoms with Gasteiger partial charge in [0.2, 0.25) is 0 Å². The minimum Gasteiger partial charge on any atom is -0.372 e. The second-order valence-electron chi connectivity index (χ2n) is 9.61. The predicted octanol–water partition coefficient (Wildman–Crippen LogP) is 5.59. The first-order chi connectivity index (χ1) is 17.1. The second kappa shape index (κ2) is 10.3. The number of amides is 1. The monoisotopic (exact) mass is 466 g/mol. The fourth-order valence-electron chi connectivity index (χ4n) is 5.17. The molecule has 0 aliphatic carbocycles. The smallest absolute Gasteiger partial charge is 0.270 e. The number of anilines is 1. The van der Waals surface area contributed by atoms with Gasteiger partial charge in [-0.2, -0.15) is 0 Å². The summed E-state index contributed by atoms with van der Waals surface area (Å²) in [5.74, 6) is 0.684. The van der Waals surface area contributed by atoms with Crippen molar-refractivity contribution in [3.63, 3.8) is 0 Å². The Balaban J connectivity index is 1.17. The van der Waals surface area contributed by atoms with E-state index < -0.39 is 0 Å². The van der Waals surface area contributed by atoms with E-state index in [0.717, 1.165) is 47.9 Å². The molecule has 1 fully saturated rings. The number of benzene rings is 2. The molecule has 1 amide bonds. The summed E-state index contributed by atoms with van der Waals surface area (Å²) < 4.78 is 1.91. The molecule has 5 nitrogen and oxygen atoms in total. The Bertz CT molecular complexity index is 1290. The first kappa shape index (κ1) is 23.2. The molecule has 0 saturated carbocycles. The number of rotatable bonds is 7. The van der Waals surface area contributed by atoms with E-state index in [-0.39, 0.29) is 5.91 Å². The average Bonchev–Trinajstić information content (AvgIpc) is 3.29. The SMILES string of the molecule is CCc1nc2c(C)cccn2c1C(=O)NCc1ccc(N2CCC(Cc3ccccc3)CC2)cc1. The van der Waals surface area contributed by atoms with E-state index in [1.165, 1.54) is 30.5 Å². The highest BCUT2D eigenvalue weighted by Gasteiger charge is 2.21. The summed E-state index contributed by atoms with van der Waals surface area (Å²) in [6.45, 7) is 6.76. The second-order valence-corrected chi connectivity index (χ2v) is 9.61. The summed E-state index contributed by atoms with van der Waals surface area (Å²) in [6, 6.07) is 23.5. The number of fused-ring (bicyclic) bond motifs is 1. The number of hydrogen-bond acceptors (Lipinski definition) is 3. The van der Waals surface area contributed by atoms with Gasteiger partial charge in [-0.05, 0) is 73.4 Å². The number of nitrogens with one attached hydrogen (secondary N) is 1. The zero-order valence-electron chi connectivity index (χ0n) is 20.7. The van der Waals surface area contributed by atoms with Crippen LogP contribution >= 0.6 is 0 Å². The van der Waals surface area contributed by atoms with Crippen LogP contribution in [-0.4, -0.2) is 28.4 Å². The number of piperidine rings is 1. The average molecular weight is 467 g/mol. The quantitative estimate of drug-likeness (QED) is 0.386. The maximum atomic E-state index is 13.1. The molecule has 5 heteroatoms. The molecule has 0 atom stereocenters. The molecule has 3 heterocycles. The van der Waals surface area contributed by atoms with Gasteiger partial charge in [0.15, 0.2) is 0 Å². The van der Waals surface area contributed by atoms with E-state index >= 15 is 0 Å². The molecule has 1 aliphatic heterocycles. The molecular weight excluding hydrogens is 432 g/mol. The Kier molecular flexibility index (Phi) is 6.84. The van der Waals surface area contributed by atoms with Gasteiger partial charge in [0.05, 0.1) is 5.69 Å². The highest BCUT2D eigenvalue weighted by atomic mass is 16.1. The fourth-order valence-corrected chi connectivity index (χ4v) is 5.17. The number of pyridine rings is 1. The summed E-state index contributed by atoms with van der Waals surface area (Å²) in [4.78, 5) is 20.3. The van der Waals surface area contributed by atoms with Crippen molar-refractivity contribution in [2.24, 2.45) is 5.92 Å². The summed E-state index contributed by atoms with van der Waals surface area (Å²) in [5, 5.41) is 3.10. The normalized spacial score (nSPS) is 14.4. The third-order valence-corrected chi connectivity index (χ3v) is 7.20. The van der Waals surface area contributed by atoms with Crippen molar-refractivity contribution in [2.45, 2.75) is 46.1 Å². The Labute approximate surface area is 207 Å². The molecule has 180 valence electrons. The van der Waals surface area contributed by atoms with Crippen molar-refractivity contribution >= 4 is 17.2 Å². The number of carbonyl (C=O) groups is 1. The molecular formula is C30H34N4O. The zero-order valence-corrected chi connectivity index (χ0v) is 20.7. The van der Waals surface area contributed by atoms with E-state index in [4.69, 9.17) is 4.98 Å². The number of imidazole rings is 1. The standard InChI is InChI=1S/C30H34N4O/c1-3-27-28(34-17-7-8-22(2)29(34)32-27)30(35)31-21-25-11-13-26(14-12-25)33-18-15-24(16-19-33)20-23-9-5-4-6-10-23/h4-14,17,24H,3,15-16,18-21H2,1-2H3,(H,31,35). The summed E-state index contributed by atoms with van der Waals surface area (Å²) in [5.41, 5.74) is 7.21. The lowest BCUT2D eigenvalue weighted by molar-refractivity contribution is 0.0944. The number of nitrogens with zero attached hydrogens (tertiary/aromatic N) is 3. The van der Waals surface area contributed by atoms with Crippen LogP contribution in [0, 0.1) is 12.8 Å². The van der Waals surface area contributed by atoms with Crippen molar-refractivity contribution in [3.05, 3.63) is 101 Å². The molecule has 2 aromatic carbocycles. The third kappa shape index (κ3) is 5.09. The highest BCUT2D eigenvalue weighted by molar-refractivity contribution is 5.94. The first-order valence-corrected chi connectivity index (χ1v) is 12.7. The zero-order chi connectivity index (χ0) is 24.2. The van der Waals surface area contributed by atoms with Gasteiger partial charge in [0, 0.05) is 31.5 Å². The van der Waals surface area contributed by atoms with Crippen molar-refractivity contribution in [1.29, 1.82) is 0 Å². The maximum absolute atomic E-state index is 13.1. The topological polar surface area (TPSA) is 49.6 Å². The van der Waals surface area contributed by atoms with Gasteiger partial charge in [-0.25, -0.2) is 4.98 Å². The van der Waals surface area contributed by atoms with Crippen molar-refractivity contribution in [3.8, 4) is 0 Å². The minimum absolute atomic E-state index is 0.0792. The molecule has 0 radical (unpaired) electrons. The Morgan fingerprint density at radius 2 is 1.71 bits per heavy atom. The molecule has 0 bridgehead atoms. The number of hydrogen-bond donors (Lipinski definition) is 1. The summed E-state index contributed by atoms with van der Waals surface area (Å²) in [6.07, 6.45) is 6.28. The Hall–Kier alpha value is -3.60. The van der Waals surface area contributed by atoms with Crippen molar-refractivity contribution in [1.82, 2.24) is 14.7 Å². The molecule has 1 aliphatic rings. The Morgan fingerprint density at radius 3 is 2.43 bits per heavy atom. The van der Waals surface area contributed by atoms with Gasteiger partial charge in [-0.15, -0.1) is 0 Å². The van der Waals surface area contributed by atoms with Gasteiger partial charge < -0.3 is 10.2 Å². The van der Waals surface area contributed by atoms with E-state index in [9.17, 15) is 4.79 Å². The molecule has 5 rings (SSSR count). The summed E-state index contributed by atoms with van der Waals surface area (Å²) in [7, 11) is 0. The Morgan fingerprint density at radius 1 is 0.971 bits per heavy atom. The number of carbonyl (C=O) groups excluding carboxylic acids is 1. The molecule has 2 aromatic heterocycles.